The summed E-state index contributed by atoms with van der Waals surface area (Å²) in [7, 11) is 3.41. The van der Waals surface area contributed by atoms with Crippen molar-refractivity contribution >= 4 is 5.69 Å². The topological polar surface area (TPSA) is 90.9 Å². The Labute approximate surface area is 238 Å². The lowest BCUT2D eigenvalue weighted by molar-refractivity contribution is -0.0752. The second-order valence-corrected chi connectivity index (χ2v) is 10.5. The molecule has 0 amide bonds. The highest BCUT2D eigenvalue weighted by Crippen LogP contribution is 2.34. The monoisotopic (exact) mass is 558 g/mol. The first-order chi connectivity index (χ1) is 19.6. The minimum absolute atomic E-state index is 0.0231. The molecule has 0 unspecified atom stereocenters. The molecule has 4 rings (SSSR count). The average Bonchev–Trinajstić information content (AvgIpc) is 2.98. The minimum atomic E-state index is -0.530. The van der Waals surface area contributed by atoms with E-state index in [2.05, 4.69) is 52.7 Å². The molecule has 9 heteroatoms. The molecule has 40 heavy (non-hydrogen) atoms. The Morgan fingerprint density at radius 3 is 2.45 bits per heavy atom. The van der Waals surface area contributed by atoms with Crippen LogP contribution < -0.4 is 15.0 Å². The van der Waals surface area contributed by atoms with Crippen LogP contribution in [0, 0.1) is 0 Å². The third-order valence-electron chi connectivity index (χ3n) is 7.33. The first-order valence-electron chi connectivity index (χ1n) is 14.4. The van der Waals surface area contributed by atoms with Crippen molar-refractivity contribution in [3.05, 3.63) is 59.2 Å². The van der Waals surface area contributed by atoms with Gasteiger partial charge in [-0.05, 0) is 42.2 Å². The number of benzene rings is 2. The van der Waals surface area contributed by atoms with Crippen LogP contribution in [-0.2, 0) is 36.9 Å². The quantitative estimate of drug-likeness (QED) is 0.302. The number of anilines is 1. The van der Waals surface area contributed by atoms with Crippen molar-refractivity contribution in [2.75, 3.05) is 78.3 Å². The maximum Gasteiger partial charge on any atom is 0.142 e. The zero-order valence-electron chi connectivity index (χ0n) is 24.2. The fourth-order valence-corrected chi connectivity index (χ4v) is 5.29. The number of fused-ring (bicyclic) bond motifs is 1. The van der Waals surface area contributed by atoms with Gasteiger partial charge < -0.3 is 43.7 Å². The lowest BCUT2D eigenvalue weighted by atomic mass is 9.85. The van der Waals surface area contributed by atoms with E-state index < -0.39 is 6.10 Å². The summed E-state index contributed by atoms with van der Waals surface area (Å²) in [4.78, 5) is 2.37. The molecule has 0 bridgehead atoms. The standard InChI is InChI=1S/C31H46N2O7/c1-23(34)20-39-29-18-32-19-30(31(29)26-8-5-24(6-9-26)21-37-16-15-36-3)40-22-25-7-10-28-27(17-25)33(12-14-38-28)11-4-13-35-2/h5-10,17,23,29-32,34H,4,11-16,18-22H2,1-3H3/t23-,29-,30+,31+/m1/s1. The molecular formula is C31H46N2O7. The van der Waals surface area contributed by atoms with E-state index in [1.165, 1.54) is 0 Å². The van der Waals surface area contributed by atoms with Gasteiger partial charge in [0, 0.05) is 46.4 Å². The molecule has 2 heterocycles. The number of rotatable bonds is 16. The molecule has 0 aliphatic carbocycles. The normalized spacial score (nSPS) is 21.6. The van der Waals surface area contributed by atoms with Crippen molar-refractivity contribution < 1.29 is 33.5 Å². The van der Waals surface area contributed by atoms with Gasteiger partial charge in [0.25, 0.3) is 0 Å². The van der Waals surface area contributed by atoms with Crippen LogP contribution in [0.4, 0.5) is 5.69 Å². The largest absolute Gasteiger partial charge is 0.490 e. The molecule has 4 atom stereocenters. The number of aliphatic hydroxyl groups excluding tert-OH is 1. The van der Waals surface area contributed by atoms with Gasteiger partial charge in [0.2, 0.25) is 0 Å². The van der Waals surface area contributed by atoms with Gasteiger partial charge in [-0.25, -0.2) is 0 Å². The highest BCUT2D eigenvalue weighted by molar-refractivity contribution is 5.61. The number of aliphatic hydroxyl groups is 1. The van der Waals surface area contributed by atoms with Gasteiger partial charge in [-0.2, -0.15) is 0 Å². The maximum atomic E-state index is 9.88. The summed E-state index contributed by atoms with van der Waals surface area (Å²) in [6, 6.07) is 14.8. The summed E-state index contributed by atoms with van der Waals surface area (Å²) in [5.74, 6) is 0.942. The summed E-state index contributed by atoms with van der Waals surface area (Å²) in [5, 5.41) is 13.4. The Hall–Kier alpha value is -2.24. The number of methoxy groups -OCH3 is 2. The van der Waals surface area contributed by atoms with E-state index in [-0.39, 0.29) is 24.7 Å². The van der Waals surface area contributed by atoms with Crippen molar-refractivity contribution in [1.29, 1.82) is 0 Å². The van der Waals surface area contributed by atoms with E-state index in [0.717, 1.165) is 60.8 Å². The molecule has 2 aliphatic heterocycles. The third-order valence-corrected chi connectivity index (χ3v) is 7.33. The number of nitrogens with zero attached hydrogens (tertiary/aromatic N) is 1. The SMILES string of the molecule is COCCCN1CCOc2ccc(CO[C@H]3CNC[C@@H](OC[C@@H](C)O)[C@@H]3c3ccc(COCCOC)cc3)cc21. The summed E-state index contributed by atoms with van der Waals surface area (Å²) in [5.41, 5.74) is 4.49. The van der Waals surface area contributed by atoms with Gasteiger partial charge in [-0.1, -0.05) is 30.3 Å². The van der Waals surface area contributed by atoms with E-state index in [1.54, 1.807) is 21.1 Å². The first-order valence-corrected chi connectivity index (χ1v) is 14.4. The van der Waals surface area contributed by atoms with Crippen molar-refractivity contribution in [3.63, 3.8) is 0 Å². The van der Waals surface area contributed by atoms with Gasteiger partial charge in [-0.15, -0.1) is 0 Å². The number of ether oxygens (including phenoxy) is 6. The number of piperidine rings is 1. The van der Waals surface area contributed by atoms with Gasteiger partial charge in [-0.3, -0.25) is 0 Å². The number of hydrogen-bond donors (Lipinski definition) is 2. The van der Waals surface area contributed by atoms with E-state index in [9.17, 15) is 5.11 Å². The molecule has 1 saturated heterocycles. The Morgan fingerprint density at radius 1 is 0.950 bits per heavy atom. The maximum absolute atomic E-state index is 9.88. The molecule has 0 aromatic heterocycles. The van der Waals surface area contributed by atoms with Crippen LogP contribution in [-0.4, -0.2) is 96.9 Å². The Morgan fingerprint density at radius 2 is 1.70 bits per heavy atom. The van der Waals surface area contributed by atoms with Crippen LogP contribution in [0.3, 0.4) is 0 Å². The van der Waals surface area contributed by atoms with E-state index in [0.29, 0.717) is 39.6 Å². The van der Waals surface area contributed by atoms with Gasteiger partial charge in [0.15, 0.2) is 0 Å². The van der Waals surface area contributed by atoms with Crippen LogP contribution in [0.15, 0.2) is 42.5 Å². The lowest BCUT2D eigenvalue weighted by Gasteiger charge is -2.39. The Kier molecular flexibility index (Phi) is 12.5. The number of nitrogens with one attached hydrogen (secondary N) is 1. The Bertz CT molecular complexity index is 1000. The van der Waals surface area contributed by atoms with Crippen molar-refractivity contribution in [3.8, 4) is 5.75 Å². The van der Waals surface area contributed by atoms with Crippen LogP contribution in [0.1, 0.15) is 36.0 Å². The molecule has 2 aromatic carbocycles. The molecule has 9 nitrogen and oxygen atoms in total. The van der Waals surface area contributed by atoms with Crippen molar-refractivity contribution in [2.45, 2.75) is 50.8 Å². The summed E-state index contributed by atoms with van der Waals surface area (Å²) < 4.78 is 34.7. The van der Waals surface area contributed by atoms with Gasteiger partial charge in [0.1, 0.15) is 12.4 Å². The molecule has 0 radical (unpaired) electrons. The summed E-state index contributed by atoms with van der Waals surface area (Å²) >= 11 is 0. The molecule has 0 saturated carbocycles. The molecule has 2 aliphatic rings. The van der Waals surface area contributed by atoms with Crippen LogP contribution in [0.2, 0.25) is 0 Å². The summed E-state index contributed by atoms with van der Waals surface area (Å²) in [6.45, 7) is 8.85. The third kappa shape index (κ3) is 8.88. The minimum Gasteiger partial charge on any atom is -0.490 e. The van der Waals surface area contributed by atoms with Gasteiger partial charge >= 0.3 is 0 Å². The zero-order chi connectivity index (χ0) is 28.2. The van der Waals surface area contributed by atoms with Crippen molar-refractivity contribution in [2.24, 2.45) is 0 Å². The lowest BCUT2D eigenvalue weighted by Crippen LogP contribution is -2.51. The predicted molar refractivity (Wildman–Crippen MR) is 154 cm³/mol. The van der Waals surface area contributed by atoms with E-state index in [1.807, 2.05) is 0 Å². The Balaban J connectivity index is 1.45. The fraction of sp³-hybridized carbons (Fsp3) is 0.613. The van der Waals surface area contributed by atoms with Crippen LogP contribution in [0.25, 0.3) is 0 Å². The smallest absolute Gasteiger partial charge is 0.142 e. The van der Waals surface area contributed by atoms with Crippen LogP contribution in [0.5, 0.6) is 5.75 Å². The molecule has 2 N–H and O–H groups in total. The highest BCUT2D eigenvalue weighted by atomic mass is 16.5. The molecule has 0 spiro atoms. The predicted octanol–water partition coefficient (Wildman–Crippen LogP) is 3.12. The second-order valence-electron chi connectivity index (χ2n) is 10.5. The van der Waals surface area contributed by atoms with Crippen molar-refractivity contribution in [1.82, 2.24) is 5.32 Å². The van der Waals surface area contributed by atoms with Gasteiger partial charge in [0.05, 0.1) is 63.6 Å². The molecule has 2 aromatic rings. The first kappa shape index (κ1) is 30.7. The van der Waals surface area contributed by atoms with E-state index >= 15 is 0 Å². The molecule has 222 valence electrons. The van der Waals surface area contributed by atoms with Crippen LogP contribution >= 0.6 is 0 Å². The van der Waals surface area contributed by atoms with E-state index in [4.69, 9.17) is 28.4 Å². The number of hydrogen-bond acceptors (Lipinski definition) is 9. The highest BCUT2D eigenvalue weighted by Gasteiger charge is 2.36. The zero-order valence-corrected chi connectivity index (χ0v) is 24.2. The summed E-state index contributed by atoms with van der Waals surface area (Å²) in [6.07, 6.45) is 0.225. The second kappa shape index (κ2) is 16.3. The molecule has 1 fully saturated rings. The fourth-order valence-electron chi connectivity index (χ4n) is 5.29. The average molecular weight is 559 g/mol. The molecular weight excluding hydrogens is 512 g/mol.